The summed E-state index contributed by atoms with van der Waals surface area (Å²) in [5.74, 6) is 0.186. The molecule has 3 heterocycles. The van der Waals surface area contributed by atoms with Gasteiger partial charge in [-0.3, -0.25) is 9.83 Å². The van der Waals surface area contributed by atoms with Crippen molar-refractivity contribution in [1.29, 1.82) is 0 Å². The van der Waals surface area contributed by atoms with E-state index in [1.54, 1.807) is 22.6 Å². The van der Waals surface area contributed by atoms with Crippen LogP contribution in [0.5, 0.6) is 5.75 Å². The van der Waals surface area contributed by atoms with Gasteiger partial charge in [0, 0.05) is 35.8 Å². The van der Waals surface area contributed by atoms with Crippen molar-refractivity contribution in [2.24, 2.45) is 10.5 Å². The van der Waals surface area contributed by atoms with E-state index >= 15 is 0 Å². The van der Waals surface area contributed by atoms with Crippen molar-refractivity contribution in [1.82, 2.24) is 24.9 Å². The number of hydrazone groups is 1. The van der Waals surface area contributed by atoms with E-state index in [0.717, 1.165) is 38.9 Å². The minimum atomic E-state index is -1.36. The Balaban J connectivity index is 1.13. The van der Waals surface area contributed by atoms with E-state index in [1.165, 1.54) is 18.7 Å². The highest BCUT2D eigenvalue weighted by atomic mass is 35.5. The Morgan fingerprint density at radius 3 is 2.95 bits per heavy atom. The Morgan fingerprint density at radius 1 is 1.43 bits per heavy atom. The van der Waals surface area contributed by atoms with Crippen LogP contribution in [0.1, 0.15) is 40.7 Å². The van der Waals surface area contributed by atoms with Gasteiger partial charge in [0.25, 0.3) is 0 Å². The molecule has 2 aromatic heterocycles. The molecule has 4 radical (unpaired) electrons. The van der Waals surface area contributed by atoms with Gasteiger partial charge >= 0.3 is 0 Å². The van der Waals surface area contributed by atoms with Crippen molar-refractivity contribution in [3.8, 4) is 5.75 Å². The molecular formula is C24H24B2ClFN6O3. The van der Waals surface area contributed by atoms with Crippen LogP contribution in [0.25, 0.3) is 5.65 Å². The molecule has 1 atom stereocenters. The smallest absolute Gasteiger partial charge is 0.175 e. The SMILES string of the molecule is [B]C(=O)c1c(Cl)ccc(OC2CC3(C2)CN(CCCc2cc4nncn4cc2F)C3)c1/C=N\NC([B])O. The largest absolute Gasteiger partial charge is 0.490 e. The molecular weight excluding hydrogens is 496 g/mol. The lowest BCUT2D eigenvalue weighted by Crippen LogP contribution is -2.64. The van der Waals surface area contributed by atoms with Crippen molar-refractivity contribution < 1.29 is 19.0 Å². The number of likely N-dealkylation sites (tertiary alicyclic amines) is 1. The number of pyridine rings is 1. The van der Waals surface area contributed by atoms with Gasteiger partial charge in [-0.2, -0.15) is 5.10 Å². The fourth-order valence-corrected chi connectivity index (χ4v) is 5.55. The van der Waals surface area contributed by atoms with E-state index in [9.17, 15) is 9.18 Å². The van der Waals surface area contributed by atoms with Crippen LogP contribution in [0.4, 0.5) is 4.39 Å². The average molecular weight is 521 g/mol. The third-order valence-electron chi connectivity index (χ3n) is 6.92. The standard InChI is InChI=1S/C24H24B2ClFN6O3/c25-22(35)21-16(9-29-32-23(26)36)19(4-3-17(21)27)37-15-7-24(8-15)11-33(12-24)5-1-2-14-6-20-31-30-13-34(20)10-18(14)28/h3-4,6,9-10,13,15,23,32,36H,1-2,5,7-8,11-12H2/b29-9-. The van der Waals surface area contributed by atoms with Crippen molar-refractivity contribution in [2.75, 3.05) is 19.6 Å². The molecule has 3 aromatic rings. The van der Waals surface area contributed by atoms with Crippen molar-refractivity contribution in [3.63, 3.8) is 0 Å². The number of ether oxygens (including phenoxy) is 1. The molecule has 1 saturated heterocycles. The summed E-state index contributed by atoms with van der Waals surface area (Å²) in [6.45, 7) is 2.83. The molecule has 2 fully saturated rings. The van der Waals surface area contributed by atoms with E-state index in [-0.39, 0.29) is 27.9 Å². The molecule has 1 aromatic carbocycles. The number of hydrogen-bond donors (Lipinski definition) is 2. The zero-order valence-corrected chi connectivity index (χ0v) is 20.7. The molecule has 37 heavy (non-hydrogen) atoms. The molecule has 2 N–H and O–H groups in total. The second-order valence-corrected chi connectivity index (χ2v) is 10.1. The number of fused-ring (bicyclic) bond motifs is 1. The number of nitrogens with one attached hydrogen (secondary N) is 1. The quantitative estimate of drug-likeness (QED) is 0.181. The maximum atomic E-state index is 14.3. The molecule has 188 valence electrons. The first-order valence-corrected chi connectivity index (χ1v) is 12.3. The summed E-state index contributed by atoms with van der Waals surface area (Å²) in [5, 5.41) is 21.0. The van der Waals surface area contributed by atoms with Gasteiger partial charge < -0.3 is 19.5 Å². The molecule has 1 aliphatic heterocycles. The number of aliphatic hydroxyl groups is 1. The van der Waals surface area contributed by atoms with Gasteiger partial charge in [0.1, 0.15) is 31.4 Å². The molecule has 5 rings (SSSR count). The number of carbonyl (C=O) groups excluding carboxylic acids is 1. The number of carbonyl (C=O) groups is 1. The Labute approximate surface area is 220 Å². The number of aryl methyl sites for hydroxylation is 1. The van der Waals surface area contributed by atoms with E-state index in [0.29, 0.717) is 28.9 Å². The zero-order valence-electron chi connectivity index (χ0n) is 20.0. The normalized spacial score (nSPS) is 18.1. The van der Waals surface area contributed by atoms with Gasteiger partial charge in [-0.05, 0) is 56.0 Å². The fourth-order valence-electron chi connectivity index (χ4n) is 5.29. The number of rotatable bonds is 10. The second kappa shape index (κ2) is 10.4. The highest BCUT2D eigenvalue weighted by Crippen LogP contribution is 2.50. The topological polar surface area (TPSA) is 104 Å². The third-order valence-corrected chi connectivity index (χ3v) is 7.23. The summed E-state index contributed by atoms with van der Waals surface area (Å²) in [4.78, 5) is 14.4. The highest BCUT2D eigenvalue weighted by Gasteiger charge is 2.53. The zero-order chi connectivity index (χ0) is 26.2. The number of halogens is 2. The molecule has 0 bridgehead atoms. The van der Waals surface area contributed by atoms with Crippen molar-refractivity contribution in [2.45, 2.75) is 37.9 Å². The van der Waals surface area contributed by atoms with Crippen LogP contribution < -0.4 is 10.2 Å². The highest BCUT2D eigenvalue weighted by molar-refractivity contribution is 6.64. The Bertz CT molecular complexity index is 1340. The van der Waals surface area contributed by atoms with Crippen LogP contribution in [0, 0.1) is 11.2 Å². The Hall–Kier alpha value is -2.95. The summed E-state index contributed by atoms with van der Waals surface area (Å²) < 4.78 is 22.0. The Kier molecular flexibility index (Phi) is 7.24. The number of hydrogen-bond acceptors (Lipinski definition) is 8. The molecule has 1 unspecified atom stereocenters. The van der Waals surface area contributed by atoms with Crippen molar-refractivity contribution in [3.05, 3.63) is 58.3 Å². The van der Waals surface area contributed by atoms with Gasteiger partial charge in [-0.15, -0.1) is 10.2 Å². The van der Waals surface area contributed by atoms with E-state index in [1.807, 2.05) is 0 Å². The monoisotopic (exact) mass is 520 g/mol. The maximum absolute atomic E-state index is 14.3. The van der Waals surface area contributed by atoms with E-state index < -0.39 is 11.8 Å². The van der Waals surface area contributed by atoms with Gasteiger partial charge in [-0.25, -0.2) is 4.39 Å². The van der Waals surface area contributed by atoms with Crippen LogP contribution in [0.15, 0.2) is 35.8 Å². The molecule has 9 nitrogen and oxygen atoms in total. The number of aliphatic hydroxyl groups excluding tert-OH is 1. The minimum absolute atomic E-state index is 0.0201. The third kappa shape index (κ3) is 5.51. The Morgan fingerprint density at radius 2 is 2.22 bits per heavy atom. The van der Waals surface area contributed by atoms with Crippen LogP contribution in [0.3, 0.4) is 0 Å². The molecule has 0 amide bonds. The van der Waals surface area contributed by atoms with Gasteiger partial charge in [0.2, 0.25) is 0 Å². The number of nitrogens with zero attached hydrogens (tertiary/aromatic N) is 5. The van der Waals surface area contributed by atoms with Gasteiger partial charge in [-0.1, -0.05) is 11.6 Å². The van der Waals surface area contributed by atoms with Gasteiger partial charge in [0.05, 0.1) is 23.5 Å². The lowest BCUT2D eigenvalue weighted by atomic mass is 9.61. The predicted octanol–water partition coefficient (Wildman–Crippen LogP) is 1.67. The lowest BCUT2D eigenvalue weighted by Gasteiger charge is -2.58. The summed E-state index contributed by atoms with van der Waals surface area (Å²) in [6.07, 6.45) is 6.09. The first-order valence-electron chi connectivity index (χ1n) is 11.9. The van der Waals surface area contributed by atoms with Gasteiger partial charge in [0.15, 0.2) is 13.5 Å². The van der Waals surface area contributed by atoms with Crippen molar-refractivity contribution >= 4 is 44.8 Å². The van der Waals surface area contributed by atoms with Crippen LogP contribution in [-0.4, -0.2) is 84.1 Å². The summed E-state index contributed by atoms with van der Waals surface area (Å²) in [5.41, 5.74) is 3.48. The molecule has 1 spiro atoms. The number of aromatic nitrogens is 3. The van der Waals surface area contributed by atoms with Crippen LogP contribution >= 0.6 is 11.6 Å². The minimum Gasteiger partial charge on any atom is -0.490 e. The molecule has 2 aliphatic rings. The summed E-state index contributed by atoms with van der Waals surface area (Å²) in [6, 6.07) is 4.98. The second-order valence-electron chi connectivity index (χ2n) is 9.74. The maximum Gasteiger partial charge on any atom is 0.175 e. The fraction of sp³-hybridized carbons (Fsp3) is 0.417. The molecule has 1 saturated carbocycles. The van der Waals surface area contributed by atoms with Crippen LogP contribution in [-0.2, 0) is 6.42 Å². The van der Waals surface area contributed by atoms with E-state index in [4.69, 9.17) is 37.1 Å². The first-order chi connectivity index (χ1) is 17.7. The summed E-state index contributed by atoms with van der Waals surface area (Å²) >= 11 is 6.18. The lowest BCUT2D eigenvalue weighted by molar-refractivity contribution is -0.119. The molecule has 13 heteroatoms. The van der Waals surface area contributed by atoms with E-state index in [2.05, 4.69) is 25.6 Å². The number of benzene rings is 1. The van der Waals surface area contributed by atoms with Crippen LogP contribution in [0.2, 0.25) is 5.02 Å². The summed E-state index contributed by atoms with van der Waals surface area (Å²) in [7, 11) is 10.8. The first kappa shape index (κ1) is 25.7. The molecule has 1 aliphatic carbocycles. The average Bonchev–Trinajstić information content (AvgIpc) is 3.23. The predicted molar refractivity (Wildman–Crippen MR) is 138 cm³/mol.